The molecule has 0 bridgehead atoms. The van der Waals surface area contributed by atoms with Gasteiger partial charge in [-0.05, 0) is 6.42 Å². The molecule has 0 amide bonds. The molecule has 0 aromatic rings. The summed E-state index contributed by atoms with van der Waals surface area (Å²) >= 11 is 0. The minimum atomic E-state index is -0.365. The van der Waals surface area contributed by atoms with Crippen molar-refractivity contribution in [1.29, 1.82) is 0 Å². The first-order valence-corrected chi connectivity index (χ1v) is 5.71. The molecule has 0 aromatic heterocycles. The highest BCUT2D eigenvalue weighted by atomic mass is 28.2. The number of hydrogen-bond acceptors (Lipinski definition) is 3. The van der Waals surface area contributed by atoms with E-state index >= 15 is 0 Å². The van der Waals surface area contributed by atoms with E-state index in [0.717, 1.165) is 18.5 Å². The lowest BCUT2D eigenvalue weighted by Gasteiger charge is -1.99. The second-order valence-electron chi connectivity index (χ2n) is 2.16. The molecule has 4 heteroatoms. The molecule has 3 nitrogen and oxygen atoms in total. The summed E-state index contributed by atoms with van der Waals surface area (Å²) in [6.45, 7) is 3.73. The Morgan fingerprint density at radius 2 is 2.45 bits per heavy atom. The van der Waals surface area contributed by atoms with Crippen molar-refractivity contribution in [3.8, 4) is 0 Å². The molecule has 0 saturated carbocycles. The second kappa shape index (κ2) is 7.49. The third kappa shape index (κ3) is 7.28. The summed E-state index contributed by atoms with van der Waals surface area (Å²) in [7, 11) is -0.291. The van der Waals surface area contributed by atoms with Crippen molar-refractivity contribution in [2.24, 2.45) is 0 Å². The molecule has 0 saturated heterocycles. The average Bonchev–Trinajstić information content (AvgIpc) is 2.04. The van der Waals surface area contributed by atoms with Crippen LogP contribution in [-0.2, 0) is 9.53 Å². The van der Waals surface area contributed by atoms with Gasteiger partial charge in [0.25, 0.3) is 0 Å². The number of carbonyl (C=O) groups is 1. The monoisotopic (exact) mass is 174 g/mol. The van der Waals surface area contributed by atoms with Gasteiger partial charge in [0.15, 0.2) is 0 Å². The van der Waals surface area contributed by atoms with Crippen LogP contribution in [0.4, 0.5) is 0 Å². The quantitative estimate of drug-likeness (QED) is 0.259. The molecule has 0 fully saturated rings. The van der Waals surface area contributed by atoms with Gasteiger partial charge >= 0.3 is 5.97 Å². The molecule has 0 unspecified atom stereocenters. The normalized spacial score (nSPS) is 10.3. The van der Waals surface area contributed by atoms with Crippen LogP contribution in [0.2, 0.25) is 6.04 Å². The highest BCUT2D eigenvalue weighted by Gasteiger charge is 1.94. The van der Waals surface area contributed by atoms with E-state index in [0.29, 0.717) is 12.8 Å². The maximum Gasteiger partial charge on any atom is 0.330 e. The van der Waals surface area contributed by atoms with Gasteiger partial charge in [0.2, 0.25) is 0 Å². The average molecular weight is 174 g/mol. The highest BCUT2D eigenvalue weighted by molar-refractivity contribution is 6.34. The standard InChI is InChI=1S/C7H14O3Si/c1-2-7(9)10-4-3-5-11-6-8/h2,8H,1,3-6,11H2. The molecule has 0 aliphatic rings. The van der Waals surface area contributed by atoms with Gasteiger partial charge in [-0.25, -0.2) is 4.79 Å². The zero-order valence-electron chi connectivity index (χ0n) is 6.58. The molecule has 1 N–H and O–H groups in total. The van der Waals surface area contributed by atoms with Crippen LogP contribution in [0, 0.1) is 0 Å². The Morgan fingerprint density at radius 3 is 3.00 bits per heavy atom. The Kier molecular flexibility index (Phi) is 7.08. The van der Waals surface area contributed by atoms with Crippen LogP contribution >= 0.6 is 0 Å². The van der Waals surface area contributed by atoms with Gasteiger partial charge < -0.3 is 9.84 Å². The van der Waals surface area contributed by atoms with Crippen LogP contribution in [0.5, 0.6) is 0 Å². The fourth-order valence-corrected chi connectivity index (χ4v) is 1.40. The summed E-state index contributed by atoms with van der Waals surface area (Å²) in [5.74, 6) is -0.365. The molecule has 0 aromatic carbocycles. The Labute approximate surface area is 68.9 Å². The van der Waals surface area contributed by atoms with Crippen molar-refractivity contribution in [1.82, 2.24) is 0 Å². The SMILES string of the molecule is C=CC(=O)OCCC[SiH2]CO. The van der Waals surface area contributed by atoms with Crippen LogP contribution in [0.25, 0.3) is 0 Å². The molecular formula is C7H14O3Si. The molecule has 64 valence electrons. The Bertz CT molecular complexity index is 125. The van der Waals surface area contributed by atoms with Crippen LogP contribution in [0.3, 0.4) is 0 Å². The van der Waals surface area contributed by atoms with Crippen molar-refractivity contribution >= 4 is 15.5 Å². The van der Waals surface area contributed by atoms with Gasteiger partial charge in [-0.1, -0.05) is 12.6 Å². The van der Waals surface area contributed by atoms with Gasteiger partial charge in [0, 0.05) is 12.3 Å². The minimum Gasteiger partial charge on any atom is -0.463 e. The first kappa shape index (κ1) is 10.4. The lowest BCUT2D eigenvalue weighted by Crippen LogP contribution is -2.04. The Hall–Kier alpha value is -0.613. The van der Waals surface area contributed by atoms with Crippen LogP contribution in [-0.4, -0.2) is 33.4 Å². The van der Waals surface area contributed by atoms with E-state index in [4.69, 9.17) is 9.84 Å². The number of aliphatic hydroxyl groups excluding tert-OH is 1. The summed E-state index contributed by atoms with van der Waals surface area (Å²) < 4.78 is 4.72. The molecule has 0 atom stereocenters. The molecular weight excluding hydrogens is 160 g/mol. The summed E-state index contributed by atoms with van der Waals surface area (Å²) in [6, 6.07) is 1.03. The smallest absolute Gasteiger partial charge is 0.330 e. The predicted molar refractivity (Wildman–Crippen MR) is 46.2 cm³/mol. The Balaban J connectivity index is 3.01. The molecule has 11 heavy (non-hydrogen) atoms. The number of esters is 1. The largest absolute Gasteiger partial charge is 0.463 e. The summed E-state index contributed by atoms with van der Waals surface area (Å²) in [4.78, 5) is 10.5. The van der Waals surface area contributed by atoms with Crippen molar-refractivity contribution < 1.29 is 14.6 Å². The topological polar surface area (TPSA) is 46.5 Å². The maximum atomic E-state index is 10.5. The van der Waals surface area contributed by atoms with E-state index in [2.05, 4.69) is 6.58 Å². The molecule has 0 aliphatic heterocycles. The summed E-state index contributed by atoms with van der Waals surface area (Å²) in [6.07, 6.45) is 2.37. The van der Waals surface area contributed by atoms with E-state index in [9.17, 15) is 4.79 Å². The maximum absolute atomic E-state index is 10.5. The van der Waals surface area contributed by atoms with Crippen LogP contribution in [0.1, 0.15) is 6.42 Å². The fourth-order valence-electron chi connectivity index (χ4n) is 0.622. The van der Waals surface area contributed by atoms with Crippen molar-refractivity contribution in [3.63, 3.8) is 0 Å². The van der Waals surface area contributed by atoms with Crippen LogP contribution < -0.4 is 0 Å². The van der Waals surface area contributed by atoms with Crippen molar-refractivity contribution in [2.75, 3.05) is 12.8 Å². The van der Waals surface area contributed by atoms with Crippen LogP contribution in [0.15, 0.2) is 12.7 Å². The van der Waals surface area contributed by atoms with E-state index in [1.807, 2.05) is 0 Å². The van der Waals surface area contributed by atoms with Crippen molar-refractivity contribution in [2.45, 2.75) is 12.5 Å². The summed E-state index contributed by atoms with van der Waals surface area (Å²) in [5.41, 5.74) is 0. The second-order valence-corrected chi connectivity index (χ2v) is 4.02. The molecule has 0 radical (unpaired) electrons. The first-order chi connectivity index (χ1) is 5.31. The lowest BCUT2D eigenvalue weighted by atomic mass is 10.5. The number of carbonyl (C=O) groups excluding carboxylic acids is 1. The number of ether oxygens (including phenoxy) is 1. The predicted octanol–water partition coefficient (Wildman–Crippen LogP) is -0.357. The molecule has 0 aliphatic carbocycles. The zero-order chi connectivity index (χ0) is 8.53. The van der Waals surface area contributed by atoms with E-state index < -0.39 is 0 Å². The first-order valence-electron chi connectivity index (χ1n) is 3.71. The molecule has 0 spiro atoms. The highest BCUT2D eigenvalue weighted by Crippen LogP contribution is 1.90. The van der Waals surface area contributed by atoms with Gasteiger partial charge in [0.05, 0.1) is 16.1 Å². The fraction of sp³-hybridized carbons (Fsp3) is 0.571. The van der Waals surface area contributed by atoms with Gasteiger partial charge in [-0.15, -0.1) is 0 Å². The number of aliphatic hydroxyl groups is 1. The third-order valence-electron chi connectivity index (χ3n) is 1.21. The van der Waals surface area contributed by atoms with Gasteiger partial charge in [0.1, 0.15) is 0 Å². The van der Waals surface area contributed by atoms with Gasteiger partial charge in [-0.3, -0.25) is 0 Å². The third-order valence-corrected chi connectivity index (χ3v) is 2.53. The number of rotatable bonds is 6. The zero-order valence-corrected chi connectivity index (χ0v) is 8.00. The Morgan fingerprint density at radius 1 is 1.73 bits per heavy atom. The van der Waals surface area contributed by atoms with Crippen molar-refractivity contribution in [3.05, 3.63) is 12.7 Å². The van der Waals surface area contributed by atoms with Gasteiger partial charge in [-0.2, -0.15) is 0 Å². The van der Waals surface area contributed by atoms with E-state index in [-0.39, 0.29) is 15.5 Å². The molecule has 0 rings (SSSR count). The molecule has 0 heterocycles. The number of hydrogen-bond donors (Lipinski definition) is 1. The lowest BCUT2D eigenvalue weighted by molar-refractivity contribution is -0.137. The van der Waals surface area contributed by atoms with E-state index in [1.165, 1.54) is 0 Å². The van der Waals surface area contributed by atoms with E-state index in [1.54, 1.807) is 0 Å². The minimum absolute atomic E-state index is 0.291. The summed E-state index contributed by atoms with van der Waals surface area (Å²) in [5, 5.41) is 8.46.